The number of Topliss-reactive ketones (excluding diaryl/α,β-unsaturated/α-hetero) is 1. The van der Waals surface area contributed by atoms with Gasteiger partial charge in [0.2, 0.25) is 29.4 Å². The predicted octanol–water partition coefficient (Wildman–Crippen LogP) is 5.16. The van der Waals surface area contributed by atoms with Crippen molar-refractivity contribution in [2.75, 3.05) is 13.1 Å². The van der Waals surface area contributed by atoms with Crippen LogP contribution in [0.5, 0.6) is 0 Å². The smallest absolute Gasteiger partial charge is 0.243 e. The normalized spacial score (nSPS) is 17.4. The lowest BCUT2D eigenvalue weighted by Crippen LogP contribution is -2.51. The first-order chi connectivity index (χ1) is 38.2. The number of aromatic nitrogens is 4. The molecule has 11 N–H and O–H groups in total. The number of aryl methyl sites for hydroxylation is 2. The summed E-state index contributed by atoms with van der Waals surface area (Å²) in [6.07, 6.45) is 10.2. The molecule has 0 aliphatic carbocycles. The molecule has 4 amide bonds. The summed E-state index contributed by atoms with van der Waals surface area (Å²) in [6.45, 7) is 1.23. The quantitative estimate of drug-likeness (QED) is 0.0266. The molecule has 0 saturated carbocycles. The van der Waals surface area contributed by atoms with E-state index in [1.807, 2.05) is 97.3 Å². The molecule has 2 aliphatic heterocycles. The molecule has 4 heterocycles. The Hall–Kier alpha value is -9.20. The molecular formula is C60H66N14O5. The van der Waals surface area contributed by atoms with Gasteiger partial charge in [0.15, 0.2) is 0 Å². The minimum atomic E-state index is -0.739. The number of benzene rings is 5. The number of nitrogen functional groups attached to an aromatic ring is 1. The molecule has 19 heteroatoms. The second-order valence-corrected chi connectivity index (χ2v) is 19.7. The van der Waals surface area contributed by atoms with Crippen LogP contribution in [0.25, 0.3) is 0 Å². The van der Waals surface area contributed by atoms with Crippen molar-refractivity contribution in [3.05, 3.63) is 215 Å². The van der Waals surface area contributed by atoms with Gasteiger partial charge in [-0.2, -0.15) is 10.2 Å². The van der Waals surface area contributed by atoms with Gasteiger partial charge in [0.25, 0.3) is 0 Å². The number of nitrogens with two attached hydrogens (primary N) is 3. The van der Waals surface area contributed by atoms with Gasteiger partial charge in [-0.3, -0.25) is 49.6 Å². The first-order valence-corrected chi connectivity index (χ1v) is 26.3. The van der Waals surface area contributed by atoms with Crippen LogP contribution in [-0.4, -0.2) is 113 Å². The molecule has 79 heavy (non-hydrogen) atoms. The fourth-order valence-corrected chi connectivity index (χ4v) is 9.79. The van der Waals surface area contributed by atoms with Crippen molar-refractivity contribution in [1.82, 2.24) is 40.0 Å². The molecule has 2 fully saturated rings. The van der Waals surface area contributed by atoms with Crippen LogP contribution in [0.1, 0.15) is 81.5 Å². The Morgan fingerprint density at radius 3 is 1.32 bits per heavy atom. The fraction of sp³-hybridized carbons (Fsp3) is 0.267. The number of nitrogens with zero attached hydrogens (tertiary/aromatic N) is 6. The number of hydrogen-bond acceptors (Lipinski definition) is 12. The Labute approximate surface area is 458 Å². The summed E-state index contributed by atoms with van der Waals surface area (Å²) in [7, 11) is 0. The number of amidine groups is 1. The second-order valence-electron chi connectivity index (χ2n) is 19.7. The fourth-order valence-electron chi connectivity index (χ4n) is 9.79. The Morgan fingerprint density at radius 1 is 0.519 bits per heavy atom. The van der Waals surface area contributed by atoms with E-state index in [2.05, 4.69) is 20.8 Å². The number of hydrogen-bond donors (Lipinski definition) is 8. The third kappa shape index (κ3) is 14.6. The summed E-state index contributed by atoms with van der Waals surface area (Å²) in [6, 6.07) is 42.8. The molecule has 6 atom stereocenters. The van der Waals surface area contributed by atoms with Crippen molar-refractivity contribution in [2.24, 2.45) is 17.2 Å². The molecule has 406 valence electrons. The summed E-state index contributed by atoms with van der Waals surface area (Å²) in [4.78, 5) is 69.3. The lowest BCUT2D eigenvalue weighted by atomic mass is 9.98. The minimum absolute atomic E-state index is 0.00559. The maximum absolute atomic E-state index is 13.5. The molecule has 2 unspecified atom stereocenters. The minimum Gasteiger partial charge on any atom is -0.384 e. The highest BCUT2D eigenvalue weighted by Gasteiger charge is 2.43. The molecule has 2 aliphatic rings. The molecule has 7 aromatic rings. The topological polar surface area (TPSA) is 301 Å². The van der Waals surface area contributed by atoms with E-state index in [-0.39, 0.29) is 53.8 Å². The van der Waals surface area contributed by atoms with Gasteiger partial charge in [-0.05, 0) is 60.1 Å². The van der Waals surface area contributed by atoms with Crippen molar-refractivity contribution < 1.29 is 24.0 Å². The van der Waals surface area contributed by atoms with E-state index in [0.29, 0.717) is 74.8 Å². The summed E-state index contributed by atoms with van der Waals surface area (Å²) in [5, 5.41) is 38.6. The summed E-state index contributed by atoms with van der Waals surface area (Å²) >= 11 is 0. The average Bonchev–Trinajstić information content (AvgIpc) is 4.48. The Balaban J connectivity index is 0.000000214. The summed E-state index contributed by atoms with van der Waals surface area (Å²) < 4.78 is 3.57. The zero-order valence-electron chi connectivity index (χ0n) is 43.7. The van der Waals surface area contributed by atoms with Crippen LogP contribution in [0, 0.1) is 16.2 Å². The van der Waals surface area contributed by atoms with Gasteiger partial charge in [-0.15, -0.1) is 0 Å². The Bertz CT molecular complexity index is 3190. The van der Waals surface area contributed by atoms with Crippen molar-refractivity contribution in [2.45, 2.75) is 87.9 Å². The van der Waals surface area contributed by atoms with Gasteiger partial charge < -0.3 is 37.6 Å². The summed E-state index contributed by atoms with van der Waals surface area (Å²) in [5.74, 6) is -1.51. The molecule has 2 saturated heterocycles. The predicted molar refractivity (Wildman–Crippen MR) is 301 cm³/mol. The highest BCUT2D eigenvalue weighted by Crippen LogP contribution is 2.30. The molecule has 0 spiro atoms. The Kier molecular flexibility index (Phi) is 18.9. The van der Waals surface area contributed by atoms with E-state index in [0.717, 1.165) is 22.3 Å². The first-order valence-electron chi connectivity index (χ1n) is 26.3. The van der Waals surface area contributed by atoms with Crippen LogP contribution in [0.15, 0.2) is 176 Å². The van der Waals surface area contributed by atoms with Crippen LogP contribution >= 0.6 is 0 Å². The number of nitrogens with one attached hydrogen (secondary N) is 5. The van der Waals surface area contributed by atoms with E-state index in [1.165, 1.54) is 0 Å². The van der Waals surface area contributed by atoms with E-state index in [9.17, 15) is 24.0 Å². The number of carbonyl (C=O) groups excluding carboxylic acids is 5. The van der Waals surface area contributed by atoms with Crippen LogP contribution in [0.3, 0.4) is 0 Å². The zero-order valence-corrected chi connectivity index (χ0v) is 43.7. The maximum atomic E-state index is 13.5. The van der Waals surface area contributed by atoms with Crippen LogP contribution in [0.2, 0.25) is 0 Å². The van der Waals surface area contributed by atoms with Crippen molar-refractivity contribution in [3.8, 4) is 0 Å². The number of rotatable bonds is 21. The van der Waals surface area contributed by atoms with E-state index in [1.54, 1.807) is 98.3 Å². The molecule has 0 bridgehead atoms. The first kappa shape index (κ1) is 56.0. The molecule has 0 radical (unpaired) electrons. The largest absolute Gasteiger partial charge is 0.384 e. The van der Waals surface area contributed by atoms with E-state index in [4.69, 9.17) is 33.4 Å². The van der Waals surface area contributed by atoms with Crippen molar-refractivity contribution in [1.29, 1.82) is 16.2 Å². The van der Waals surface area contributed by atoms with Crippen molar-refractivity contribution >= 4 is 46.7 Å². The monoisotopic (exact) mass is 1060 g/mol. The van der Waals surface area contributed by atoms with Crippen LogP contribution in [0.4, 0.5) is 0 Å². The number of amides is 4. The van der Waals surface area contributed by atoms with Gasteiger partial charge in [-0.25, -0.2) is 0 Å². The third-order valence-electron chi connectivity index (χ3n) is 14.3. The van der Waals surface area contributed by atoms with Crippen LogP contribution in [-0.2, 0) is 45.1 Å². The van der Waals surface area contributed by atoms with E-state index < -0.39 is 35.7 Å². The highest BCUT2D eigenvalue weighted by molar-refractivity contribution is 6.71. The molecule has 2 aromatic heterocycles. The molecule has 19 nitrogen and oxygen atoms in total. The lowest BCUT2D eigenvalue weighted by Gasteiger charge is -2.26. The van der Waals surface area contributed by atoms with Gasteiger partial charge in [0.1, 0.15) is 23.6 Å². The standard InChI is InChI=1S/C34H35N7O3.C26H31N7O2/c35-28(17-14-23-8-3-1-4-9-23)34(44)40-22-27(41-19-7-18-39-41)20-29(40)33(43)38-21-24-12-15-25(16-13-24)30(36)31(37)32(42)26-10-5-2-6-11-26;27-22(12-9-18-5-2-1-3-6-18)26(35)32-17-21(33-14-4-13-31-33)15-23(32)25(34)30-16-19-7-10-20(11-8-19)24(28)29/h1-13,15-16,18-19,27-29,36-37H,14,17,20-22,35H2,(H,38,43);1-8,10-11,13-14,21-23H,9,12,15-17,27H2,(H3,28,29)(H,30,34)/t27?,28-,29+;21?,22-,23+/m11/s1. The lowest BCUT2D eigenvalue weighted by molar-refractivity contribution is -0.139. The number of carbonyl (C=O) groups is 5. The highest BCUT2D eigenvalue weighted by atomic mass is 16.2. The van der Waals surface area contributed by atoms with Crippen LogP contribution < -0.4 is 27.8 Å². The number of likely N-dealkylation sites (tertiary alicyclic amines) is 2. The second kappa shape index (κ2) is 26.7. The molecule has 5 aromatic carbocycles. The Morgan fingerprint density at radius 2 is 0.924 bits per heavy atom. The SMILES string of the molecule is N=C(C(=N)c1ccc(CNC(=O)[C@@H]2CC(n3cccn3)CN2C(=O)[C@H](N)CCc2ccccc2)cc1)C(=O)c1ccccc1.N=C(N)c1ccc(CNC(=O)[C@@H]2CC(n3cccn3)CN2C(=O)[C@H](N)CCc2ccccc2)cc1. The molecule has 9 rings (SSSR count). The van der Waals surface area contributed by atoms with Gasteiger partial charge >= 0.3 is 0 Å². The third-order valence-corrected chi connectivity index (χ3v) is 14.3. The van der Waals surface area contributed by atoms with E-state index >= 15 is 0 Å². The molecular weight excluding hydrogens is 997 g/mol. The van der Waals surface area contributed by atoms with Gasteiger partial charge in [0.05, 0.1) is 29.9 Å². The number of ketones is 1. The summed E-state index contributed by atoms with van der Waals surface area (Å²) in [5.41, 5.74) is 22.9. The maximum Gasteiger partial charge on any atom is 0.243 e. The van der Waals surface area contributed by atoms with Gasteiger partial charge in [0, 0.05) is 80.5 Å². The average molecular weight is 1060 g/mol. The van der Waals surface area contributed by atoms with Crippen molar-refractivity contribution in [3.63, 3.8) is 0 Å². The van der Waals surface area contributed by atoms with Gasteiger partial charge in [-0.1, -0.05) is 140 Å². The zero-order chi connectivity index (χ0) is 55.8.